The van der Waals surface area contributed by atoms with Crippen molar-refractivity contribution in [2.75, 3.05) is 0 Å². The molecule has 0 fully saturated rings. The number of carbonyl (C=O) groups excluding carboxylic acids is 1. The van der Waals surface area contributed by atoms with Crippen LogP contribution in [-0.4, -0.2) is 5.91 Å². The van der Waals surface area contributed by atoms with E-state index in [-0.39, 0.29) is 5.91 Å². The molecule has 0 atom stereocenters. The molecule has 0 aliphatic rings. The number of pyridine rings is 1. The van der Waals surface area contributed by atoms with Crippen molar-refractivity contribution >= 4 is 5.91 Å². The number of nitrogens with zero attached hydrogens (tertiary/aromatic N) is 1. The van der Waals surface area contributed by atoms with Crippen molar-refractivity contribution in [3.8, 4) is 0 Å². The summed E-state index contributed by atoms with van der Waals surface area (Å²) >= 11 is 0. The maximum Gasteiger partial charge on any atom is 0.217 e. The highest BCUT2D eigenvalue weighted by Gasteiger charge is 1.99. The lowest BCUT2D eigenvalue weighted by molar-refractivity contribution is -0.697. The van der Waals surface area contributed by atoms with Crippen molar-refractivity contribution in [2.45, 2.75) is 25.8 Å². The fourth-order valence-electron chi connectivity index (χ4n) is 1.18. The van der Waals surface area contributed by atoms with Gasteiger partial charge in [-0.15, -0.1) is 0 Å². The largest absolute Gasteiger partial charge is 0.370 e. The summed E-state index contributed by atoms with van der Waals surface area (Å²) in [6, 6.07) is 5.97. The quantitative estimate of drug-likeness (QED) is 0.523. The van der Waals surface area contributed by atoms with Crippen LogP contribution in [0.2, 0.25) is 0 Å². The van der Waals surface area contributed by atoms with Crippen LogP contribution in [0.5, 0.6) is 0 Å². The van der Waals surface area contributed by atoms with Crippen molar-refractivity contribution in [1.82, 2.24) is 0 Å². The van der Waals surface area contributed by atoms with Crippen molar-refractivity contribution in [3.05, 3.63) is 30.6 Å². The van der Waals surface area contributed by atoms with Crippen LogP contribution < -0.4 is 10.3 Å². The van der Waals surface area contributed by atoms with Crippen LogP contribution >= 0.6 is 0 Å². The average molecular weight is 179 g/mol. The topological polar surface area (TPSA) is 47.0 Å². The van der Waals surface area contributed by atoms with Crippen LogP contribution in [0.15, 0.2) is 30.6 Å². The predicted molar refractivity (Wildman–Crippen MR) is 49.7 cm³/mol. The maximum absolute atomic E-state index is 10.4. The Kier molecular flexibility index (Phi) is 3.96. The van der Waals surface area contributed by atoms with E-state index in [9.17, 15) is 4.79 Å². The van der Waals surface area contributed by atoms with Crippen LogP contribution in [0.4, 0.5) is 0 Å². The summed E-state index contributed by atoms with van der Waals surface area (Å²) in [5.41, 5.74) is 5.03. The normalized spacial score (nSPS) is 9.85. The van der Waals surface area contributed by atoms with Gasteiger partial charge in [-0.25, -0.2) is 4.57 Å². The Morgan fingerprint density at radius 2 is 1.85 bits per heavy atom. The van der Waals surface area contributed by atoms with E-state index < -0.39 is 0 Å². The van der Waals surface area contributed by atoms with Crippen LogP contribution in [0.3, 0.4) is 0 Å². The molecule has 2 N–H and O–H groups in total. The van der Waals surface area contributed by atoms with Gasteiger partial charge in [0.05, 0.1) is 0 Å². The van der Waals surface area contributed by atoms with Gasteiger partial charge in [-0.1, -0.05) is 6.07 Å². The maximum atomic E-state index is 10.4. The molecule has 0 aliphatic carbocycles. The number of aromatic nitrogens is 1. The number of aryl methyl sites for hydroxylation is 1. The third-order valence-electron chi connectivity index (χ3n) is 1.87. The molecule has 1 rings (SSSR count). The number of hydrogen-bond acceptors (Lipinski definition) is 1. The minimum atomic E-state index is -0.210. The van der Waals surface area contributed by atoms with Crippen molar-refractivity contribution in [1.29, 1.82) is 0 Å². The van der Waals surface area contributed by atoms with Gasteiger partial charge in [0.25, 0.3) is 0 Å². The number of hydrogen-bond donors (Lipinski definition) is 1. The molecular weight excluding hydrogens is 164 g/mol. The zero-order valence-electron chi connectivity index (χ0n) is 7.65. The molecule has 3 nitrogen and oxygen atoms in total. The second-order valence-corrected chi connectivity index (χ2v) is 3.04. The summed E-state index contributed by atoms with van der Waals surface area (Å²) in [6.45, 7) is 0.952. The molecule has 0 aliphatic heterocycles. The van der Waals surface area contributed by atoms with Crippen LogP contribution in [0.25, 0.3) is 0 Å². The number of amides is 1. The SMILES string of the molecule is NC(=O)CCCC[n+]1ccccc1. The van der Waals surface area contributed by atoms with E-state index in [0.29, 0.717) is 6.42 Å². The number of nitrogens with two attached hydrogens (primary N) is 1. The molecule has 0 spiro atoms. The summed E-state index contributed by atoms with van der Waals surface area (Å²) in [6.07, 6.45) is 6.40. The van der Waals surface area contributed by atoms with Crippen molar-refractivity contribution in [3.63, 3.8) is 0 Å². The van der Waals surface area contributed by atoms with Gasteiger partial charge in [-0.2, -0.15) is 0 Å². The Morgan fingerprint density at radius 3 is 2.46 bits per heavy atom. The van der Waals surface area contributed by atoms with Crippen molar-refractivity contribution < 1.29 is 9.36 Å². The lowest BCUT2D eigenvalue weighted by atomic mass is 10.2. The first-order valence-corrected chi connectivity index (χ1v) is 4.51. The summed E-state index contributed by atoms with van der Waals surface area (Å²) in [5, 5.41) is 0. The number of rotatable bonds is 5. The van der Waals surface area contributed by atoms with Gasteiger partial charge in [0.1, 0.15) is 6.54 Å². The Morgan fingerprint density at radius 1 is 1.15 bits per heavy atom. The highest BCUT2D eigenvalue weighted by atomic mass is 16.1. The van der Waals surface area contributed by atoms with Gasteiger partial charge in [0, 0.05) is 25.0 Å². The van der Waals surface area contributed by atoms with Gasteiger partial charge in [-0.3, -0.25) is 4.79 Å². The smallest absolute Gasteiger partial charge is 0.217 e. The molecular formula is C10H15N2O+. The van der Waals surface area contributed by atoms with Crippen molar-refractivity contribution in [2.24, 2.45) is 5.73 Å². The summed E-state index contributed by atoms with van der Waals surface area (Å²) in [5.74, 6) is -0.210. The Balaban J connectivity index is 2.17. The molecule has 0 saturated heterocycles. The van der Waals surface area contributed by atoms with E-state index in [1.165, 1.54) is 0 Å². The van der Waals surface area contributed by atoms with E-state index in [4.69, 9.17) is 5.73 Å². The molecule has 1 amide bonds. The molecule has 0 saturated carbocycles. The van der Waals surface area contributed by atoms with E-state index in [0.717, 1.165) is 19.4 Å². The molecule has 1 aromatic heterocycles. The lowest BCUT2D eigenvalue weighted by Gasteiger charge is -1.95. The summed E-state index contributed by atoms with van der Waals surface area (Å²) < 4.78 is 2.10. The molecule has 3 heteroatoms. The molecule has 1 heterocycles. The fraction of sp³-hybridized carbons (Fsp3) is 0.400. The highest BCUT2D eigenvalue weighted by Crippen LogP contribution is 1.93. The Labute approximate surface area is 78.2 Å². The lowest BCUT2D eigenvalue weighted by Crippen LogP contribution is -2.32. The number of carbonyl (C=O) groups is 1. The third kappa shape index (κ3) is 4.25. The second-order valence-electron chi connectivity index (χ2n) is 3.04. The van der Waals surface area contributed by atoms with Gasteiger partial charge in [0.2, 0.25) is 5.91 Å². The first-order chi connectivity index (χ1) is 6.29. The van der Waals surface area contributed by atoms with Gasteiger partial charge >= 0.3 is 0 Å². The third-order valence-corrected chi connectivity index (χ3v) is 1.87. The van der Waals surface area contributed by atoms with Crippen LogP contribution in [0.1, 0.15) is 19.3 Å². The zero-order valence-corrected chi connectivity index (χ0v) is 7.65. The minimum absolute atomic E-state index is 0.210. The van der Waals surface area contributed by atoms with E-state index in [1.807, 2.05) is 30.6 Å². The van der Waals surface area contributed by atoms with Gasteiger partial charge in [0.15, 0.2) is 12.4 Å². The first kappa shape index (κ1) is 9.71. The Bertz CT molecular complexity index is 259. The van der Waals surface area contributed by atoms with Gasteiger partial charge < -0.3 is 5.73 Å². The van der Waals surface area contributed by atoms with E-state index in [2.05, 4.69) is 4.57 Å². The molecule has 13 heavy (non-hydrogen) atoms. The molecule has 70 valence electrons. The van der Waals surface area contributed by atoms with Gasteiger partial charge in [-0.05, 0) is 6.42 Å². The zero-order chi connectivity index (χ0) is 9.52. The molecule has 1 aromatic rings. The number of primary amides is 1. The number of unbranched alkanes of at least 4 members (excludes halogenated alkanes) is 1. The molecule has 0 aromatic carbocycles. The highest BCUT2D eigenvalue weighted by molar-refractivity contribution is 5.73. The summed E-state index contributed by atoms with van der Waals surface area (Å²) in [4.78, 5) is 10.4. The monoisotopic (exact) mass is 179 g/mol. The van der Waals surface area contributed by atoms with E-state index >= 15 is 0 Å². The standard InChI is InChI=1S/C10H14N2O/c11-10(13)6-2-5-9-12-7-3-1-4-8-12/h1,3-4,7-8H,2,5-6,9H2,(H-,11,13)/p+1. The molecule has 0 unspecified atom stereocenters. The van der Waals surface area contributed by atoms with Crippen LogP contribution in [0, 0.1) is 0 Å². The summed E-state index contributed by atoms with van der Waals surface area (Å²) in [7, 11) is 0. The Hall–Kier alpha value is -1.38. The average Bonchev–Trinajstić information content (AvgIpc) is 2.14. The predicted octanol–water partition coefficient (Wildman–Crippen LogP) is 0.630. The minimum Gasteiger partial charge on any atom is -0.370 e. The molecule has 0 bridgehead atoms. The van der Waals surface area contributed by atoms with E-state index in [1.54, 1.807) is 0 Å². The fourth-order valence-corrected chi connectivity index (χ4v) is 1.18. The molecule has 0 radical (unpaired) electrons. The van der Waals surface area contributed by atoms with Crippen LogP contribution in [-0.2, 0) is 11.3 Å². The second kappa shape index (κ2) is 5.30. The first-order valence-electron chi connectivity index (χ1n) is 4.51.